The molecular formula is C18H26N2OS. The number of anilines is 1. The van der Waals surface area contributed by atoms with E-state index >= 15 is 0 Å². The van der Waals surface area contributed by atoms with Gasteiger partial charge in [-0.15, -0.1) is 0 Å². The fraction of sp³-hybridized carbons (Fsp3) is 0.611. The number of hydrogen-bond donors (Lipinski definition) is 1. The Morgan fingerprint density at radius 3 is 2.55 bits per heavy atom. The minimum atomic E-state index is 0.401. The highest BCUT2D eigenvalue weighted by Crippen LogP contribution is 2.52. The molecule has 0 spiro atoms. The molecule has 1 heterocycles. The van der Waals surface area contributed by atoms with E-state index in [0.717, 1.165) is 23.1 Å². The zero-order valence-corrected chi connectivity index (χ0v) is 14.8. The highest BCUT2D eigenvalue weighted by Gasteiger charge is 2.50. The largest absolute Gasteiger partial charge is 0.497 e. The van der Waals surface area contributed by atoms with Crippen LogP contribution in [0.15, 0.2) is 24.3 Å². The lowest BCUT2D eigenvalue weighted by Gasteiger charge is -2.39. The molecule has 1 N–H and O–H groups in total. The number of rotatable bonds is 2. The first-order chi connectivity index (χ1) is 10.3. The first kappa shape index (κ1) is 15.6. The Hall–Kier alpha value is -1.29. The molecule has 2 bridgehead atoms. The van der Waals surface area contributed by atoms with Crippen molar-refractivity contribution in [3.8, 4) is 5.75 Å². The van der Waals surface area contributed by atoms with Crippen LogP contribution in [-0.2, 0) is 0 Å². The van der Waals surface area contributed by atoms with Gasteiger partial charge in [0, 0.05) is 18.3 Å². The Labute approximate surface area is 139 Å². The van der Waals surface area contributed by atoms with E-state index in [1.54, 1.807) is 7.11 Å². The third kappa shape index (κ3) is 3.07. The summed E-state index contributed by atoms with van der Waals surface area (Å²) < 4.78 is 5.20. The number of hydrogen-bond acceptors (Lipinski definition) is 2. The molecule has 1 aliphatic heterocycles. The summed E-state index contributed by atoms with van der Waals surface area (Å²) in [7, 11) is 1.68. The molecule has 4 heteroatoms. The second kappa shape index (κ2) is 5.41. The Balaban J connectivity index is 1.70. The van der Waals surface area contributed by atoms with Crippen molar-refractivity contribution in [3.05, 3.63) is 24.3 Å². The molecule has 2 atom stereocenters. The fourth-order valence-electron chi connectivity index (χ4n) is 4.57. The summed E-state index contributed by atoms with van der Waals surface area (Å²) in [5.74, 6) is 0.864. The first-order valence-corrected chi connectivity index (χ1v) is 8.43. The van der Waals surface area contributed by atoms with E-state index < -0.39 is 0 Å². The molecule has 2 unspecified atom stereocenters. The van der Waals surface area contributed by atoms with Crippen LogP contribution in [0.25, 0.3) is 0 Å². The minimum Gasteiger partial charge on any atom is -0.497 e. The highest BCUT2D eigenvalue weighted by atomic mass is 32.1. The summed E-state index contributed by atoms with van der Waals surface area (Å²) in [5.41, 5.74) is 1.84. The summed E-state index contributed by atoms with van der Waals surface area (Å²) in [5, 5.41) is 4.25. The van der Waals surface area contributed by atoms with E-state index in [1.807, 2.05) is 24.3 Å². The maximum atomic E-state index is 5.69. The molecule has 1 aliphatic carbocycles. The van der Waals surface area contributed by atoms with Crippen LogP contribution in [0.5, 0.6) is 5.75 Å². The first-order valence-electron chi connectivity index (χ1n) is 8.02. The Morgan fingerprint density at radius 1 is 1.23 bits per heavy atom. The van der Waals surface area contributed by atoms with E-state index in [1.165, 1.54) is 19.3 Å². The Morgan fingerprint density at radius 2 is 1.91 bits per heavy atom. The van der Waals surface area contributed by atoms with E-state index in [2.05, 4.69) is 31.0 Å². The van der Waals surface area contributed by atoms with E-state index in [9.17, 15) is 0 Å². The maximum absolute atomic E-state index is 5.69. The van der Waals surface area contributed by atoms with Gasteiger partial charge in [0.25, 0.3) is 0 Å². The van der Waals surface area contributed by atoms with Crippen LogP contribution in [0.2, 0.25) is 0 Å². The second-order valence-corrected chi connectivity index (χ2v) is 8.39. The summed E-state index contributed by atoms with van der Waals surface area (Å²) >= 11 is 5.69. The van der Waals surface area contributed by atoms with Gasteiger partial charge < -0.3 is 15.0 Å². The maximum Gasteiger partial charge on any atom is 0.173 e. The zero-order valence-electron chi connectivity index (χ0n) is 14.0. The van der Waals surface area contributed by atoms with Crippen LogP contribution in [-0.4, -0.2) is 29.7 Å². The number of fused-ring (bicyclic) bond motifs is 2. The number of ether oxygens (including phenoxy) is 1. The normalized spacial score (nSPS) is 29.3. The van der Waals surface area contributed by atoms with Crippen molar-refractivity contribution >= 4 is 23.0 Å². The molecule has 1 saturated heterocycles. The van der Waals surface area contributed by atoms with Gasteiger partial charge in [-0.2, -0.15) is 0 Å². The molecule has 0 aromatic heterocycles. The average Bonchev–Trinajstić information content (AvgIpc) is 2.69. The van der Waals surface area contributed by atoms with E-state index in [4.69, 9.17) is 17.0 Å². The van der Waals surface area contributed by atoms with Crippen molar-refractivity contribution < 1.29 is 4.74 Å². The molecular weight excluding hydrogens is 292 g/mol. The zero-order chi connectivity index (χ0) is 16.0. The molecule has 1 saturated carbocycles. The lowest BCUT2D eigenvalue weighted by atomic mass is 9.65. The Kier molecular flexibility index (Phi) is 3.84. The van der Waals surface area contributed by atoms with Gasteiger partial charge in [-0.1, -0.05) is 20.8 Å². The number of thiocarbonyl (C=S) groups is 1. The molecule has 2 fully saturated rings. The topological polar surface area (TPSA) is 24.5 Å². The van der Waals surface area contributed by atoms with E-state index in [-0.39, 0.29) is 0 Å². The highest BCUT2D eigenvalue weighted by molar-refractivity contribution is 7.80. The molecule has 120 valence electrons. The number of likely N-dealkylation sites (tertiary alicyclic amines) is 1. The second-order valence-electron chi connectivity index (χ2n) is 8.00. The van der Waals surface area contributed by atoms with Crippen molar-refractivity contribution in [3.63, 3.8) is 0 Å². The Bertz CT molecular complexity index is 569. The van der Waals surface area contributed by atoms with Crippen molar-refractivity contribution in [2.45, 2.75) is 46.1 Å². The number of methoxy groups -OCH3 is 1. The molecule has 22 heavy (non-hydrogen) atoms. The van der Waals surface area contributed by atoms with Crippen LogP contribution in [0.3, 0.4) is 0 Å². The minimum absolute atomic E-state index is 0.401. The average molecular weight is 318 g/mol. The van der Waals surface area contributed by atoms with Gasteiger partial charge in [0.1, 0.15) is 5.75 Å². The monoisotopic (exact) mass is 318 g/mol. The third-order valence-corrected chi connectivity index (χ3v) is 5.35. The van der Waals surface area contributed by atoms with Gasteiger partial charge in [0.15, 0.2) is 5.11 Å². The lowest BCUT2D eigenvalue weighted by molar-refractivity contribution is 0.132. The van der Waals surface area contributed by atoms with Gasteiger partial charge in [0.05, 0.1) is 7.11 Å². The van der Waals surface area contributed by atoms with Gasteiger partial charge in [0.2, 0.25) is 0 Å². The van der Waals surface area contributed by atoms with Crippen molar-refractivity contribution in [2.24, 2.45) is 10.8 Å². The SMILES string of the molecule is COc1ccc(NC(=S)N2CC3(C)CC2CC(C)(C)C3)cc1. The predicted octanol–water partition coefficient (Wildman–Crippen LogP) is 4.29. The van der Waals surface area contributed by atoms with Crippen molar-refractivity contribution in [1.82, 2.24) is 4.90 Å². The quantitative estimate of drug-likeness (QED) is 0.822. The summed E-state index contributed by atoms with van der Waals surface area (Å²) in [6.45, 7) is 8.27. The van der Waals surface area contributed by atoms with Crippen LogP contribution in [0.4, 0.5) is 5.69 Å². The standard InChI is InChI=1S/C18H26N2OS/c1-17(2)9-14-10-18(3,11-17)12-20(14)16(22)19-13-5-7-15(21-4)8-6-13/h5-8,14H,9-12H2,1-4H3,(H,19,22). The summed E-state index contributed by atoms with van der Waals surface area (Å²) in [6, 6.07) is 8.51. The number of nitrogens with zero attached hydrogens (tertiary/aromatic N) is 1. The van der Waals surface area contributed by atoms with Gasteiger partial charge in [-0.25, -0.2) is 0 Å². The molecule has 3 rings (SSSR count). The summed E-state index contributed by atoms with van der Waals surface area (Å²) in [6.07, 6.45) is 3.78. The smallest absolute Gasteiger partial charge is 0.173 e. The van der Waals surface area contributed by atoms with Crippen molar-refractivity contribution in [1.29, 1.82) is 0 Å². The molecule has 3 nitrogen and oxygen atoms in total. The summed E-state index contributed by atoms with van der Waals surface area (Å²) in [4.78, 5) is 2.41. The third-order valence-electron chi connectivity index (χ3n) is 5.02. The molecule has 0 radical (unpaired) electrons. The molecule has 0 amide bonds. The van der Waals surface area contributed by atoms with Gasteiger partial charge >= 0.3 is 0 Å². The fourth-order valence-corrected chi connectivity index (χ4v) is 4.90. The molecule has 1 aromatic carbocycles. The number of benzene rings is 1. The van der Waals surface area contributed by atoms with Crippen LogP contribution >= 0.6 is 12.2 Å². The van der Waals surface area contributed by atoms with Crippen LogP contribution < -0.4 is 10.1 Å². The predicted molar refractivity (Wildman–Crippen MR) is 95.4 cm³/mol. The van der Waals surface area contributed by atoms with Crippen LogP contribution in [0.1, 0.15) is 40.0 Å². The lowest BCUT2D eigenvalue weighted by Crippen LogP contribution is -2.39. The molecule has 1 aromatic rings. The number of nitrogens with one attached hydrogen (secondary N) is 1. The van der Waals surface area contributed by atoms with Crippen molar-refractivity contribution in [2.75, 3.05) is 19.0 Å². The van der Waals surface area contributed by atoms with Gasteiger partial charge in [-0.3, -0.25) is 0 Å². The van der Waals surface area contributed by atoms with Gasteiger partial charge in [-0.05, 0) is 66.6 Å². The van der Waals surface area contributed by atoms with Crippen LogP contribution in [0, 0.1) is 10.8 Å². The van der Waals surface area contributed by atoms with E-state index in [0.29, 0.717) is 16.9 Å². The molecule has 2 aliphatic rings.